The van der Waals surface area contributed by atoms with E-state index in [4.69, 9.17) is 30.8 Å². The number of fused-ring (bicyclic) bond motifs is 6. The highest BCUT2D eigenvalue weighted by molar-refractivity contribution is 7.88. The van der Waals surface area contributed by atoms with E-state index in [1.807, 2.05) is 103 Å². The van der Waals surface area contributed by atoms with E-state index in [-0.39, 0.29) is 92.6 Å². The summed E-state index contributed by atoms with van der Waals surface area (Å²) in [6.45, 7) is 15.2. The molecule has 96 heavy (non-hydrogen) atoms. The molecule has 0 radical (unpaired) electrons. The number of aliphatic hydroxyl groups excluding tert-OH is 1. The van der Waals surface area contributed by atoms with Crippen LogP contribution in [0.4, 0.5) is 0 Å². The van der Waals surface area contributed by atoms with Gasteiger partial charge in [0.25, 0.3) is 6.01 Å². The minimum Gasteiger partial charge on any atom is -0.459 e. The van der Waals surface area contributed by atoms with E-state index < -0.39 is 75.4 Å². The number of ether oxygens (including phenoxy) is 3. The minimum absolute atomic E-state index is 0.108. The number of para-hydroxylation sites is 4. The Morgan fingerprint density at radius 1 is 0.667 bits per heavy atom. The van der Waals surface area contributed by atoms with Gasteiger partial charge in [-0.2, -0.15) is 30.4 Å². The standard InChI is InChI=1S/C33H47N5O7S.C22H35N3O6S.C13H19ClN2OSi/c1-5-17-44-22-38-27-16-12-11-15-26(27)34-32(38)45-25-18-28-29(39)20-33(31(41)35-46(42,43)36(3)4)19-24(33)14-10-8-6-7-9-13-23(2)30(40)37(28)21-25;1-15-9-7-5-4-6-8-10-16-12-22(16,21(29)23-32(30,31)24(2)3)13-19(27)18-11-17(26)14-25(18)20(15)28;1-18(2,3)9-8-17-10-16-12-7-5-4-6-11(12)15-13(16)14/h10-12,14-16,23-25,28H,5-9,13,17-22H2,1-4H3,(H,35,41);8,10,15-18,26H,4-7,9,11-14H2,1-3H3,(H,23,29);4-7H,8-10H2,1-3H3/b14-10-;10-8-;/t23-,24+,25+,28-,33+;15-,16+,17+,18-,22+;/m00./s1. The molecule has 3 N–H and O–H groups in total. The van der Waals surface area contributed by atoms with E-state index in [1.165, 1.54) is 33.1 Å². The lowest BCUT2D eigenvalue weighted by molar-refractivity contribution is -0.142. The topological polar surface area (TPSA) is 291 Å². The lowest BCUT2D eigenvalue weighted by Gasteiger charge is -2.28. The summed E-state index contributed by atoms with van der Waals surface area (Å²) >= 11 is 6.12. The number of amides is 4. The first-order valence-electron chi connectivity index (χ1n) is 34.0. The molecule has 2 saturated heterocycles. The molecule has 0 bridgehead atoms. The van der Waals surface area contributed by atoms with Gasteiger partial charge in [0.15, 0.2) is 11.6 Å². The summed E-state index contributed by atoms with van der Waals surface area (Å²) in [5.74, 6) is -3.23. The summed E-state index contributed by atoms with van der Waals surface area (Å²) in [5, 5.41) is 10.7. The Balaban J connectivity index is 0.000000203. The SMILES string of the molecule is CCCOCn1c(O[C@@H]2C[C@H]3C(=O)C[C@]4(C(=O)NS(=O)(=O)N(C)C)C[C@H]4/C=C\CCCCC[C@H](C)C(=O)N3C2)nc2ccccc21.C[C@H]1CCCCC/C=C\[C@@H]2C[C@@]2(C(=O)NS(=O)(=O)N(C)C)CC(=O)[C@@H]2C[C@@H](O)CN2C1=O.C[Si](C)(C)CCOCn1c(Cl)nc2ccccc21. The number of hydrogen-bond donors (Lipinski definition) is 3. The highest BCUT2D eigenvalue weighted by atomic mass is 35.5. The maximum absolute atomic E-state index is 14.2. The summed E-state index contributed by atoms with van der Waals surface area (Å²) in [4.78, 5) is 93.0. The predicted octanol–water partition coefficient (Wildman–Crippen LogP) is 8.81. The quantitative estimate of drug-likeness (QED) is 0.0505. The zero-order valence-electron chi connectivity index (χ0n) is 57.5. The molecule has 4 aromatic rings. The molecule has 2 aliphatic carbocycles. The van der Waals surface area contributed by atoms with Crippen molar-refractivity contribution in [2.24, 2.45) is 34.5 Å². The third kappa shape index (κ3) is 19.1. The van der Waals surface area contributed by atoms with Gasteiger partial charge in [0.1, 0.15) is 19.6 Å². The number of halogens is 1. The molecule has 24 nitrogen and oxygen atoms in total. The number of ketones is 2. The zero-order valence-corrected chi connectivity index (χ0v) is 60.9. The summed E-state index contributed by atoms with van der Waals surface area (Å²) in [5.41, 5.74) is 1.20. The number of nitrogens with zero attached hydrogens (tertiary/aromatic N) is 8. The Morgan fingerprint density at radius 2 is 1.14 bits per heavy atom. The number of aromatic nitrogens is 4. The number of rotatable bonds is 17. The zero-order chi connectivity index (χ0) is 69.9. The second-order valence-corrected chi connectivity index (χ2v) is 38.2. The molecule has 4 amide bonds. The Labute approximate surface area is 572 Å². The fourth-order valence-corrected chi connectivity index (χ4v) is 15.3. The Bertz CT molecular complexity index is 3710. The van der Waals surface area contributed by atoms with Gasteiger partial charge in [0.05, 0.1) is 57.6 Å². The average molecular weight is 1410 g/mol. The predicted molar refractivity (Wildman–Crippen MR) is 370 cm³/mol. The first kappa shape index (κ1) is 75.9. The van der Waals surface area contributed by atoms with Crippen LogP contribution in [0.2, 0.25) is 31.0 Å². The lowest BCUT2D eigenvalue weighted by atomic mass is 9.91. The maximum Gasteiger partial charge on any atom is 0.303 e. The summed E-state index contributed by atoms with van der Waals surface area (Å²) in [6, 6.07) is 15.5. The Morgan fingerprint density at radius 3 is 1.65 bits per heavy atom. The van der Waals surface area contributed by atoms with E-state index in [1.54, 1.807) is 4.90 Å². The fraction of sp³-hybridized carbons (Fsp3) is 0.647. The lowest BCUT2D eigenvalue weighted by Crippen LogP contribution is -2.47. The monoisotopic (exact) mass is 1410 g/mol. The summed E-state index contributed by atoms with van der Waals surface area (Å²) in [7, 11) is -3.74. The molecular formula is C68H101ClN10O14S2Si. The number of carbonyl (C=O) groups excluding carboxylic acids is 6. The number of nitrogens with one attached hydrogen (secondary N) is 2. The Hall–Kier alpha value is -5.91. The van der Waals surface area contributed by atoms with Crippen molar-refractivity contribution in [2.45, 2.75) is 193 Å². The molecule has 0 unspecified atom stereocenters. The molecular weight excluding hydrogens is 1310 g/mol. The van der Waals surface area contributed by atoms with Crippen LogP contribution >= 0.6 is 11.6 Å². The van der Waals surface area contributed by atoms with Crippen molar-refractivity contribution >= 4 is 97.4 Å². The van der Waals surface area contributed by atoms with E-state index in [9.17, 15) is 50.7 Å². The van der Waals surface area contributed by atoms with Crippen molar-refractivity contribution < 1.29 is 64.9 Å². The average Bonchev–Trinajstić information content (AvgIpc) is 1.58. The molecule has 10 rings (SSSR count). The number of aliphatic hydroxyl groups is 1. The third-order valence-corrected chi connectivity index (χ3v) is 24.1. The van der Waals surface area contributed by atoms with E-state index in [2.05, 4.69) is 34.1 Å². The van der Waals surface area contributed by atoms with Crippen LogP contribution in [0.25, 0.3) is 22.1 Å². The smallest absolute Gasteiger partial charge is 0.303 e. The van der Waals surface area contributed by atoms with Crippen LogP contribution < -0.4 is 14.2 Å². The molecule has 28 heteroatoms. The fourth-order valence-electron chi connectivity index (χ4n) is 13.1. The second kappa shape index (κ2) is 32.8. The van der Waals surface area contributed by atoms with Crippen LogP contribution in [-0.4, -0.2) is 182 Å². The van der Waals surface area contributed by atoms with E-state index >= 15 is 0 Å². The number of carbonyl (C=O) groups is 6. The van der Waals surface area contributed by atoms with Crippen LogP contribution in [0.1, 0.15) is 130 Å². The first-order valence-corrected chi connectivity index (χ1v) is 40.9. The molecule has 2 saturated carbocycles. The number of Topliss-reactive ketones (excluding diaryl/α,β-unsaturated/α-hetero) is 2. The van der Waals surface area contributed by atoms with Gasteiger partial charge in [-0.3, -0.25) is 37.9 Å². The van der Waals surface area contributed by atoms with Crippen LogP contribution in [0.15, 0.2) is 72.8 Å². The molecule has 4 fully saturated rings. The maximum atomic E-state index is 14.2. The second-order valence-electron chi connectivity index (χ2n) is 28.5. The largest absolute Gasteiger partial charge is 0.459 e. The molecule has 2 aromatic heterocycles. The van der Waals surface area contributed by atoms with Gasteiger partial charge in [0, 0.05) is 93.5 Å². The summed E-state index contributed by atoms with van der Waals surface area (Å²) < 4.78 is 77.5. The van der Waals surface area contributed by atoms with Crippen LogP contribution in [0.5, 0.6) is 6.01 Å². The Kier molecular flexibility index (Phi) is 25.9. The van der Waals surface area contributed by atoms with Gasteiger partial charge in [-0.05, 0) is 112 Å². The van der Waals surface area contributed by atoms with Crippen molar-refractivity contribution in [3.8, 4) is 6.01 Å². The number of benzene rings is 2. The number of imidazole rings is 2. The van der Waals surface area contributed by atoms with Gasteiger partial charge in [0.2, 0.25) is 28.9 Å². The molecule has 0 spiro atoms. The van der Waals surface area contributed by atoms with Crippen molar-refractivity contribution in [2.75, 3.05) is 54.5 Å². The van der Waals surface area contributed by atoms with Gasteiger partial charge >= 0.3 is 20.4 Å². The van der Waals surface area contributed by atoms with Crippen LogP contribution in [-0.2, 0) is 72.1 Å². The van der Waals surface area contributed by atoms with Crippen molar-refractivity contribution in [1.82, 2.24) is 47.0 Å². The molecule has 10 atom stereocenters. The van der Waals surface area contributed by atoms with Crippen molar-refractivity contribution in [1.29, 1.82) is 0 Å². The number of allylic oxidation sites excluding steroid dienone is 4. The van der Waals surface area contributed by atoms with Crippen LogP contribution in [0, 0.1) is 34.5 Å². The van der Waals surface area contributed by atoms with Gasteiger partial charge < -0.3 is 29.1 Å². The van der Waals surface area contributed by atoms with Gasteiger partial charge in [-0.15, -0.1) is 0 Å². The van der Waals surface area contributed by atoms with E-state index in [0.717, 1.165) is 108 Å². The highest BCUT2D eigenvalue weighted by Gasteiger charge is 2.62. The van der Waals surface area contributed by atoms with E-state index in [0.29, 0.717) is 43.9 Å². The molecule has 2 aromatic carbocycles. The normalized spacial score (nSPS) is 27.7. The van der Waals surface area contributed by atoms with Gasteiger partial charge in [-0.25, -0.2) is 14.4 Å². The van der Waals surface area contributed by atoms with Crippen LogP contribution in [0.3, 0.4) is 0 Å². The number of hydrogen-bond acceptors (Lipinski definition) is 16. The molecule has 530 valence electrons. The third-order valence-electron chi connectivity index (χ3n) is 19.3. The molecule has 6 aliphatic rings. The summed E-state index contributed by atoms with van der Waals surface area (Å²) in [6.07, 6.45) is 17.0. The van der Waals surface area contributed by atoms with Crippen molar-refractivity contribution in [3.63, 3.8) is 0 Å². The molecule has 6 heterocycles. The minimum atomic E-state index is -4.05. The van der Waals surface area contributed by atoms with Gasteiger partial charge in [-0.1, -0.05) is 115 Å². The van der Waals surface area contributed by atoms with Crippen molar-refractivity contribution in [3.05, 3.63) is 78.1 Å². The molecule has 4 aliphatic heterocycles. The first-order chi connectivity index (χ1) is 45.4. The highest BCUT2D eigenvalue weighted by Crippen LogP contribution is 2.58.